The van der Waals surface area contributed by atoms with E-state index in [0.29, 0.717) is 17.1 Å². The zero-order chi connectivity index (χ0) is 21.2. The van der Waals surface area contributed by atoms with E-state index >= 15 is 0 Å². The Bertz CT molecular complexity index is 939. The number of nitrogens with one attached hydrogen (secondary N) is 1. The predicted molar refractivity (Wildman–Crippen MR) is 101 cm³/mol. The van der Waals surface area contributed by atoms with Crippen LogP contribution in [0.5, 0.6) is 11.5 Å². The SMILES string of the molecule is COc1ccc(/C=C/C(=O)Nc2ccccc2C(=O)O[CH-]O[N+](=O)[O-])cc1OC.[Re].[Rf]. The van der Waals surface area contributed by atoms with Gasteiger partial charge >= 0.3 is 5.97 Å². The second-order valence-corrected chi connectivity index (χ2v) is 5.31. The van der Waals surface area contributed by atoms with E-state index in [-0.39, 0.29) is 38.5 Å². The first kappa shape index (κ1) is 26.6. The summed E-state index contributed by atoms with van der Waals surface area (Å²) in [6, 6.07) is 11.1. The molecule has 0 aromatic heterocycles. The fourth-order valence-corrected chi connectivity index (χ4v) is 2.24. The maximum absolute atomic E-state index is 12.2. The van der Waals surface area contributed by atoms with Gasteiger partial charge in [-0.15, -0.1) is 10.1 Å². The smallest absolute Gasteiger partial charge is 0.310 e. The van der Waals surface area contributed by atoms with Gasteiger partial charge < -0.3 is 24.4 Å². The minimum absolute atomic E-state index is 0. The molecular formula is C19H17N2O8ReRf-. The summed E-state index contributed by atoms with van der Waals surface area (Å²) in [6.45, 7) is 0.290. The Morgan fingerprint density at radius 2 is 1.77 bits per heavy atom. The summed E-state index contributed by atoms with van der Waals surface area (Å²) in [4.78, 5) is 38.1. The van der Waals surface area contributed by atoms with Gasteiger partial charge in [0.05, 0.1) is 25.5 Å². The number of methoxy groups -OCH3 is 2. The molecule has 0 spiro atoms. The van der Waals surface area contributed by atoms with E-state index in [1.54, 1.807) is 36.4 Å². The number of amides is 1. The van der Waals surface area contributed by atoms with Crippen molar-refractivity contribution < 1.29 is 54.1 Å². The van der Waals surface area contributed by atoms with Crippen molar-refractivity contribution >= 4 is 23.6 Å². The summed E-state index contributed by atoms with van der Waals surface area (Å²) in [5.41, 5.74) is 0.842. The molecule has 0 aliphatic carbocycles. The summed E-state index contributed by atoms with van der Waals surface area (Å²) in [6.07, 6.45) is 2.82. The minimum atomic E-state index is -1.14. The number of esters is 1. The molecule has 161 valence electrons. The Morgan fingerprint density at radius 1 is 1.10 bits per heavy atom. The minimum Gasteiger partial charge on any atom is -0.607 e. The first-order valence-electron chi connectivity index (χ1n) is 8.08. The zero-order valence-corrected chi connectivity index (χ0v) is 25.7. The average Bonchev–Trinajstić information content (AvgIpc) is 2.72. The van der Waals surface area contributed by atoms with Crippen molar-refractivity contribution in [3.05, 3.63) is 76.6 Å². The van der Waals surface area contributed by atoms with Crippen LogP contribution in [0.3, 0.4) is 0 Å². The summed E-state index contributed by atoms with van der Waals surface area (Å²) in [7, 11) is 3.02. The van der Waals surface area contributed by atoms with E-state index in [9.17, 15) is 19.7 Å². The third-order valence-corrected chi connectivity index (χ3v) is 3.52. The number of hydrogen-bond donors (Lipinski definition) is 1. The molecule has 1 radical (unpaired) electrons. The molecule has 1 N–H and O–H groups in total. The molecule has 0 heterocycles. The van der Waals surface area contributed by atoms with Crippen LogP contribution in [0, 0.1) is 16.9 Å². The van der Waals surface area contributed by atoms with Crippen LogP contribution in [0.15, 0.2) is 48.5 Å². The molecule has 2 rings (SSSR count). The standard InChI is InChI=1S/C19H17N2O8.Re.Rf/c1-26-16-9-7-13(11-17(16)27-2)8-10-18(22)20-15-6-4-3-5-14(15)19(23)28-12-29-21(24)25;;/h3-12H,1-2H3,(H,20,22);;/q-1;;/b10-8+;;. The second-order valence-electron chi connectivity index (χ2n) is 5.31. The Balaban J connectivity index is 0.00000450. The largest absolute Gasteiger partial charge is 0.607 e. The van der Waals surface area contributed by atoms with E-state index in [1.165, 1.54) is 32.4 Å². The Labute approximate surface area is 185 Å². The first-order valence-corrected chi connectivity index (χ1v) is 8.08. The van der Waals surface area contributed by atoms with Crippen LogP contribution < -0.4 is 14.8 Å². The van der Waals surface area contributed by atoms with Crippen molar-refractivity contribution in [3.63, 3.8) is 0 Å². The van der Waals surface area contributed by atoms with Crippen LogP contribution in [-0.4, -0.2) is 31.2 Å². The molecule has 2 aromatic rings. The van der Waals surface area contributed by atoms with Crippen molar-refractivity contribution in [1.82, 2.24) is 0 Å². The molecule has 1 amide bonds. The number of carbonyl (C=O) groups excluding carboxylic acids is 2. The number of anilines is 1. The van der Waals surface area contributed by atoms with Crippen molar-refractivity contribution in [2.45, 2.75) is 0 Å². The van der Waals surface area contributed by atoms with Gasteiger partial charge in [0.15, 0.2) is 11.5 Å². The van der Waals surface area contributed by atoms with Crippen molar-refractivity contribution in [3.8, 4) is 11.5 Å². The van der Waals surface area contributed by atoms with Crippen molar-refractivity contribution in [2.75, 3.05) is 19.5 Å². The maximum atomic E-state index is 12.2. The molecule has 0 atom stereocenters. The molecule has 0 aliphatic heterocycles. The van der Waals surface area contributed by atoms with Gasteiger partial charge in [0, 0.05) is 33.3 Å². The van der Waals surface area contributed by atoms with E-state index in [4.69, 9.17) is 9.47 Å². The van der Waals surface area contributed by atoms with Crippen LogP contribution >= 0.6 is 0 Å². The first-order chi connectivity index (χ1) is 13.9. The Hall–Kier alpha value is -4.42. The van der Waals surface area contributed by atoms with Gasteiger partial charge in [-0.05, 0) is 35.9 Å². The molecule has 0 saturated carbocycles. The topological polar surface area (TPSA) is 126 Å². The maximum Gasteiger partial charge on any atom is 0.310 e. The molecule has 0 fully saturated rings. The Morgan fingerprint density at radius 3 is 2.42 bits per heavy atom. The molecule has 10 nitrogen and oxygen atoms in total. The van der Waals surface area contributed by atoms with E-state index < -0.39 is 17.0 Å². The predicted octanol–water partition coefficient (Wildman–Crippen LogP) is 2.84. The fourth-order valence-electron chi connectivity index (χ4n) is 2.24. The zero-order valence-electron chi connectivity index (χ0n) is 16.6. The third kappa shape index (κ3) is 7.85. The number of ether oxygens (including phenoxy) is 3. The van der Waals surface area contributed by atoms with Gasteiger partial charge in [0.1, 0.15) is 0 Å². The normalized spacial score (nSPS) is 9.61. The van der Waals surface area contributed by atoms with Gasteiger partial charge in [-0.1, -0.05) is 18.2 Å². The van der Waals surface area contributed by atoms with Crippen LogP contribution in [0.4, 0.5) is 5.69 Å². The number of carbonyl (C=O) groups is 2. The fraction of sp³-hybridized carbons (Fsp3) is 0.105. The van der Waals surface area contributed by atoms with Crippen LogP contribution in [0.25, 0.3) is 6.08 Å². The van der Waals surface area contributed by atoms with Gasteiger partial charge in [-0.25, -0.2) is 4.79 Å². The van der Waals surface area contributed by atoms with Gasteiger partial charge in [-0.3, -0.25) is 4.79 Å². The third-order valence-electron chi connectivity index (χ3n) is 3.52. The molecule has 2 aromatic carbocycles. The quantitative estimate of drug-likeness (QED) is 0.134. The molecule has 0 unspecified atom stereocenters. The van der Waals surface area contributed by atoms with Crippen molar-refractivity contribution in [2.24, 2.45) is 0 Å². The van der Waals surface area contributed by atoms with E-state index in [2.05, 4.69) is 14.9 Å². The molecule has 12 heteroatoms. The van der Waals surface area contributed by atoms with Gasteiger partial charge in [0.25, 0.3) is 5.09 Å². The van der Waals surface area contributed by atoms with Gasteiger partial charge in [-0.2, -0.15) is 0 Å². The number of para-hydroxylation sites is 1. The van der Waals surface area contributed by atoms with E-state index in [0.717, 1.165) is 0 Å². The number of rotatable bonds is 9. The monoisotopic (exact) mass is 855 g/mol. The molecule has 0 saturated heterocycles. The second kappa shape index (κ2) is 12.9. The Kier molecular flexibility index (Phi) is 11.1. The van der Waals surface area contributed by atoms with Crippen LogP contribution in [0.1, 0.15) is 15.9 Å². The van der Waals surface area contributed by atoms with Gasteiger partial charge in [0.2, 0.25) is 5.91 Å². The molecular weight excluding hydrogens is 837 g/mol. The number of nitrogens with zero attached hydrogens (tertiary/aromatic N) is 1. The summed E-state index contributed by atoms with van der Waals surface area (Å²) in [5, 5.41) is 11.5. The number of hydrogen-bond acceptors (Lipinski definition) is 8. The van der Waals surface area contributed by atoms with Crippen LogP contribution in [0.2, 0.25) is 0 Å². The molecule has 31 heavy (non-hydrogen) atoms. The van der Waals surface area contributed by atoms with Crippen LogP contribution in [-0.2, 0) is 34.8 Å². The van der Waals surface area contributed by atoms with Crippen molar-refractivity contribution in [1.29, 1.82) is 0 Å². The summed E-state index contributed by atoms with van der Waals surface area (Å²) in [5.74, 6) is -0.382. The van der Waals surface area contributed by atoms with E-state index in [1.807, 2.05) is 0 Å². The number of benzene rings is 2. The molecule has 0 bridgehead atoms. The summed E-state index contributed by atoms with van der Waals surface area (Å²) < 4.78 is 14.9. The summed E-state index contributed by atoms with van der Waals surface area (Å²) >= 11 is 0. The average molecular weight is 855 g/mol. The molecule has 0 aliphatic rings.